The fraction of sp³-hybridized carbons (Fsp3) is 0.727. The Balaban J connectivity index is 1.86. The van der Waals surface area contributed by atoms with Crippen LogP contribution in [0.25, 0.3) is 0 Å². The van der Waals surface area contributed by atoms with Crippen LogP contribution < -0.4 is 5.32 Å². The fourth-order valence-electron chi connectivity index (χ4n) is 2.20. The number of nitrogens with one attached hydrogen (secondary N) is 1. The zero-order valence-electron chi connectivity index (χ0n) is 8.01. The molecular weight excluding hydrogens is 162 g/mol. The molecule has 0 saturated heterocycles. The van der Waals surface area contributed by atoms with Gasteiger partial charge in [-0.05, 0) is 19.3 Å². The molecule has 72 valence electrons. The van der Waals surface area contributed by atoms with Gasteiger partial charge in [0.15, 0.2) is 5.78 Å². The number of carbonyl (C=O) groups excluding carboxylic acids is 1. The summed E-state index contributed by atoms with van der Waals surface area (Å²) in [7, 11) is 0. The number of Topliss-reactive ketones (excluding diaryl/α,β-unsaturated/α-hetero) is 1. The highest BCUT2D eigenvalue weighted by atomic mass is 16.1. The third-order valence-corrected chi connectivity index (χ3v) is 2.99. The summed E-state index contributed by atoms with van der Waals surface area (Å²) in [4.78, 5) is 11.3. The molecule has 1 N–H and O–H groups in total. The van der Waals surface area contributed by atoms with Gasteiger partial charge in [0, 0.05) is 12.5 Å². The molecule has 0 heterocycles. The van der Waals surface area contributed by atoms with Gasteiger partial charge in [-0.15, -0.1) is 0 Å². The molecule has 13 heavy (non-hydrogen) atoms. The Morgan fingerprint density at radius 3 is 2.62 bits per heavy atom. The molecule has 0 radical (unpaired) electrons. The largest absolute Gasteiger partial charge is 0.380 e. The molecule has 0 spiro atoms. The average Bonchev–Trinajstić information content (AvgIpc) is 2.54. The molecule has 2 heteroatoms. The van der Waals surface area contributed by atoms with E-state index in [1.807, 2.05) is 0 Å². The molecular formula is C11H17NO. The quantitative estimate of drug-likeness (QED) is 0.703. The summed E-state index contributed by atoms with van der Waals surface area (Å²) < 4.78 is 0. The highest BCUT2D eigenvalue weighted by Gasteiger charge is 2.19. The van der Waals surface area contributed by atoms with E-state index in [2.05, 4.69) is 11.4 Å². The third-order valence-electron chi connectivity index (χ3n) is 2.99. The predicted octanol–water partition coefficient (Wildman–Crippen LogP) is 2.16. The first-order chi connectivity index (χ1) is 6.36. The summed E-state index contributed by atoms with van der Waals surface area (Å²) in [5.74, 6) is 0.311. The van der Waals surface area contributed by atoms with Crippen LogP contribution in [0.15, 0.2) is 11.8 Å². The maximum Gasteiger partial charge on any atom is 0.178 e. The second-order valence-electron chi connectivity index (χ2n) is 4.06. The number of hydrogen-bond acceptors (Lipinski definition) is 2. The topological polar surface area (TPSA) is 29.1 Å². The Morgan fingerprint density at radius 1 is 1.23 bits per heavy atom. The summed E-state index contributed by atoms with van der Waals surface area (Å²) in [6.07, 6.45) is 10.2. The molecule has 2 rings (SSSR count). The number of carbonyl (C=O) groups is 1. The Kier molecular flexibility index (Phi) is 2.67. The number of allylic oxidation sites excluding steroid dienone is 2. The zero-order valence-corrected chi connectivity index (χ0v) is 8.01. The van der Waals surface area contributed by atoms with Gasteiger partial charge in [0.1, 0.15) is 0 Å². The van der Waals surface area contributed by atoms with Gasteiger partial charge >= 0.3 is 0 Å². The van der Waals surface area contributed by atoms with Gasteiger partial charge in [-0.1, -0.05) is 25.3 Å². The van der Waals surface area contributed by atoms with Gasteiger partial charge in [0.05, 0.1) is 5.70 Å². The monoisotopic (exact) mass is 179 g/mol. The van der Waals surface area contributed by atoms with Crippen molar-refractivity contribution in [2.45, 2.75) is 51.0 Å². The number of ketones is 1. The molecule has 1 fully saturated rings. The average molecular weight is 179 g/mol. The van der Waals surface area contributed by atoms with Crippen LogP contribution in [0.2, 0.25) is 0 Å². The SMILES string of the molecule is O=C1CCC=C1NC1CCCCC1. The fourth-order valence-corrected chi connectivity index (χ4v) is 2.20. The van der Waals surface area contributed by atoms with E-state index in [4.69, 9.17) is 0 Å². The molecule has 2 aliphatic carbocycles. The van der Waals surface area contributed by atoms with Gasteiger partial charge in [0.25, 0.3) is 0 Å². The van der Waals surface area contributed by atoms with E-state index in [1.54, 1.807) is 0 Å². The molecule has 0 aromatic rings. The Hall–Kier alpha value is -0.790. The molecule has 0 bridgehead atoms. The second kappa shape index (κ2) is 3.95. The van der Waals surface area contributed by atoms with E-state index in [9.17, 15) is 4.79 Å². The van der Waals surface area contributed by atoms with Crippen molar-refractivity contribution in [2.75, 3.05) is 0 Å². The van der Waals surface area contributed by atoms with Crippen LogP contribution in [-0.4, -0.2) is 11.8 Å². The first kappa shape index (κ1) is 8.79. The smallest absolute Gasteiger partial charge is 0.178 e. The maximum atomic E-state index is 11.3. The van der Waals surface area contributed by atoms with Gasteiger partial charge < -0.3 is 5.32 Å². The van der Waals surface area contributed by atoms with Gasteiger partial charge in [-0.2, -0.15) is 0 Å². The molecule has 1 saturated carbocycles. The van der Waals surface area contributed by atoms with E-state index < -0.39 is 0 Å². The van der Waals surface area contributed by atoms with Gasteiger partial charge in [-0.3, -0.25) is 4.79 Å². The first-order valence-corrected chi connectivity index (χ1v) is 5.36. The van der Waals surface area contributed by atoms with Gasteiger partial charge in [0.2, 0.25) is 0 Å². The standard InChI is InChI=1S/C11H17NO/c13-11-8-4-7-10(11)12-9-5-2-1-3-6-9/h7,9,12H,1-6,8H2. The van der Waals surface area contributed by atoms with E-state index in [-0.39, 0.29) is 0 Å². The highest BCUT2D eigenvalue weighted by Crippen LogP contribution is 2.20. The minimum Gasteiger partial charge on any atom is -0.380 e. The summed E-state index contributed by atoms with van der Waals surface area (Å²) in [6.45, 7) is 0. The lowest BCUT2D eigenvalue weighted by Gasteiger charge is -2.23. The molecule has 0 aliphatic heterocycles. The lowest BCUT2D eigenvalue weighted by atomic mass is 9.95. The maximum absolute atomic E-state index is 11.3. The number of hydrogen-bond donors (Lipinski definition) is 1. The normalized spacial score (nSPS) is 24.6. The molecule has 0 unspecified atom stereocenters. The van der Waals surface area contributed by atoms with Crippen LogP contribution in [0.1, 0.15) is 44.9 Å². The van der Waals surface area contributed by atoms with Crippen LogP contribution in [-0.2, 0) is 4.79 Å². The van der Waals surface area contributed by atoms with Crippen LogP contribution in [0.4, 0.5) is 0 Å². The summed E-state index contributed by atoms with van der Waals surface area (Å²) in [5.41, 5.74) is 0.895. The Labute approximate surface area is 79.4 Å². The van der Waals surface area contributed by atoms with Crippen LogP contribution in [0, 0.1) is 0 Å². The summed E-state index contributed by atoms with van der Waals surface area (Å²) in [5, 5.41) is 3.38. The van der Waals surface area contributed by atoms with Crippen molar-refractivity contribution in [1.29, 1.82) is 0 Å². The minimum atomic E-state index is 0.311. The van der Waals surface area contributed by atoms with Crippen LogP contribution in [0.5, 0.6) is 0 Å². The third kappa shape index (κ3) is 2.11. The molecule has 2 aliphatic rings. The second-order valence-corrected chi connectivity index (χ2v) is 4.06. The lowest BCUT2D eigenvalue weighted by Crippen LogP contribution is -2.32. The summed E-state index contributed by atoms with van der Waals surface area (Å²) >= 11 is 0. The Morgan fingerprint density at radius 2 is 2.00 bits per heavy atom. The lowest BCUT2D eigenvalue weighted by molar-refractivity contribution is -0.115. The van der Waals surface area contributed by atoms with E-state index in [0.717, 1.165) is 18.5 Å². The van der Waals surface area contributed by atoms with E-state index in [1.165, 1.54) is 32.1 Å². The van der Waals surface area contributed by atoms with Crippen LogP contribution >= 0.6 is 0 Å². The molecule has 0 amide bonds. The molecule has 0 atom stereocenters. The molecule has 0 aromatic carbocycles. The van der Waals surface area contributed by atoms with Crippen molar-refractivity contribution in [3.8, 4) is 0 Å². The molecule has 0 aromatic heterocycles. The number of rotatable bonds is 2. The Bertz CT molecular complexity index is 226. The first-order valence-electron chi connectivity index (χ1n) is 5.36. The van der Waals surface area contributed by atoms with E-state index in [0.29, 0.717) is 11.8 Å². The predicted molar refractivity (Wildman–Crippen MR) is 52.3 cm³/mol. The van der Waals surface area contributed by atoms with Crippen molar-refractivity contribution in [2.24, 2.45) is 0 Å². The van der Waals surface area contributed by atoms with Gasteiger partial charge in [-0.25, -0.2) is 0 Å². The zero-order chi connectivity index (χ0) is 9.10. The molecule has 2 nitrogen and oxygen atoms in total. The van der Waals surface area contributed by atoms with E-state index >= 15 is 0 Å². The highest BCUT2D eigenvalue weighted by molar-refractivity contribution is 5.96. The van der Waals surface area contributed by atoms with Crippen molar-refractivity contribution >= 4 is 5.78 Å². The summed E-state index contributed by atoms with van der Waals surface area (Å²) in [6, 6.07) is 0.571. The van der Waals surface area contributed by atoms with Crippen molar-refractivity contribution in [1.82, 2.24) is 5.32 Å². The minimum absolute atomic E-state index is 0.311. The van der Waals surface area contributed by atoms with Crippen molar-refractivity contribution in [3.63, 3.8) is 0 Å². The van der Waals surface area contributed by atoms with Crippen LogP contribution in [0.3, 0.4) is 0 Å². The van der Waals surface area contributed by atoms with Crippen molar-refractivity contribution in [3.05, 3.63) is 11.8 Å². The van der Waals surface area contributed by atoms with Crippen molar-refractivity contribution < 1.29 is 4.79 Å².